The first-order valence-corrected chi connectivity index (χ1v) is 9.47. The lowest BCUT2D eigenvalue weighted by atomic mass is 9.71. The van der Waals surface area contributed by atoms with Crippen LogP contribution in [0.25, 0.3) is 0 Å². The molecule has 26 heavy (non-hydrogen) atoms. The summed E-state index contributed by atoms with van der Waals surface area (Å²) in [4.78, 5) is 21.9. The quantitative estimate of drug-likeness (QED) is 0.808. The largest absolute Gasteiger partial charge is 0.478 e. The molecule has 0 bridgehead atoms. The van der Waals surface area contributed by atoms with Crippen LogP contribution in [-0.4, -0.2) is 46.2 Å². The zero-order valence-electron chi connectivity index (χ0n) is 15.0. The average Bonchev–Trinajstić information content (AvgIpc) is 3.39. The monoisotopic (exact) mass is 357 g/mol. The molecule has 0 unspecified atom stereocenters. The predicted molar refractivity (Wildman–Crippen MR) is 99.0 cm³/mol. The fourth-order valence-corrected chi connectivity index (χ4v) is 4.50. The van der Waals surface area contributed by atoms with Gasteiger partial charge >= 0.3 is 11.9 Å². The average molecular weight is 357 g/mol. The van der Waals surface area contributed by atoms with Crippen molar-refractivity contribution in [2.75, 3.05) is 13.1 Å². The third-order valence-electron chi connectivity index (χ3n) is 5.79. The number of nitrogens with zero attached hydrogens (tertiary/aromatic N) is 1. The molecule has 140 valence electrons. The van der Waals surface area contributed by atoms with Crippen LogP contribution in [0.2, 0.25) is 0 Å². The molecule has 4 rings (SSSR count). The van der Waals surface area contributed by atoms with Crippen LogP contribution in [0.4, 0.5) is 0 Å². The Bertz CT molecular complexity index is 637. The highest BCUT2D eigenvalue weighted by molar-refractivity contribution is 5.89. The van der Waals surface area contributed by atoms with E-state index in [1.165, 1.54) is 45.2 Å². The number of carboxylic acids is 2. The maximum Gasteiger partial charge on any atom is 0.328 e. The minimum atomic E-state index is -1.26. The van der Waals surface area contributed by atoms with Gasteiger partial charge in [0.2, 0.25) is 0 Å². The van der Waals surface area contributed by atoms with Crippen molar-refractivity contribution >= 4 is 11.9 Å². The Morgan fingerprint density at radius 2 is 1.58 bits per heavy atom. The number of hydrogen-bond donors (Lipinski definition) is 2. The van der Waals surface area contributed by atoms with Gasteiger partial charge in [0.15, 0.2) is 0 Å². The molecule has 3 aliphatic rings. The van der Waals surface area contributed by atoms with Crippen LogP contribution in [0.1, 0.15) is 43.6 Å². The number of fused-ring (bicyclic) bond motifs is 1. The molecule has 1 aliphatic heterocycles. The first kappa shape index (κ1) is 18.6. The van der Waals surface area contributed by atoms with E-state index in [1.54, 1.807) is 5.56 Å². The molecule has 2 aliphatic carbocycles. The summed E-state index contributed by atoms with van der Waals surface area (Å²) in [6.07, 6.45) is 8.40. The van der Waals surface area contributed by atoms with Gasteiger partial charge in [0, 0.05) is 31.3 Å². The smallest absolute Gasteiger partial charge is 0.328 e. The molecule has 0 spiro atoms. The third-order valence-corrected chi connectivity index (χ3v) is 5.79. The number of carboxylic acid groups (broad SMARTS) is 2. The lowest BCUT2D eigenvalue weighted by Gasteiger charge is -2.33. The Morgan fingerprint density at radius 3 is 2.15 bits per heavy atom. The van der Waals surface area contributed by atoms with Crippen molar-refractivity contribution in [2.45, 2.75) is 44.1 Å². The molecule has 5 nitrogen and oxygen atoms in total. The van der Waals surface area contributed by atoms with E-state index in [0.717, 1.165) is 23.8 Å². The Labute approximate surface area is 154 Å². The van der Waals surface area contributed by atoms with Crippen LogP contribution >= 0.6 is 0 Å². The lowest BCUT2D eigenvalue weighted by Crippen LogP contribution is -2.26. The van der Waals surface area contributed by atoms with Crippen LogP contribution in [-0.2, 0) is 9.59 Å². The molecule has 3 atom stereocenters. The molecule has 0 amide bonds. The van der Waals surface area contributed by atoms with Crippen LogP contribution in [0, 0.1) is 11.8 Å². The maximum absolute atomic E-state index is 9.55. The topological polar surface area (TPSA) is 77.8 Å². The molecule has 1 saturated heterocycles. The molecule has 2 N–H and O–H groups in total. The Hall–Kier alpha value is -2.14. The Balaban J connectivity index is 0.000000211. The zero-order chi connectivity index (χ0) is 18.5. The van der Waals surface area contributed by atoms with Gasteiger partial charge in [-0.05, 0) is 49.0 Å². The number of aliphatic carboxylic acids is 2. The van der Waals surface area contributed by atoms with E-state index in [0.29, 0.717) is 12.2 Å². The lowest BCUT2D eigenvalue weighted by molar-refractivity contribution is -0.134. The van der Waals surface area contributed by atoms with Crippen LogP contribution in [0.5, 0.6) is 0 Å². The fraction of sp³-hybridized carbons (Fsp3) is 0.524. The van der Waals surface area contributed by atoms with Crippen molar-refractivity contribution < 1.29 is 19.8 Å². The first-order chi connectivity index (χ1) is 12.5. The second-order valence-corrected chi connectivity index (χ2v) is 7.57. The number of rotatable bonds is 4. The van der Waals surface area contributed by atoms with Gasteiger partial charge < -0.3 is 10.2 Å². The van der Waals surface area contributed by atoms with E-state index in [4.69, 9.17) is 10.2 Å². The van der Waals surface area contributed by atoms with Gasteiger partial charge in [-0.1, -0.05) is 36.8 Å². The van der Waals surface area contributed by atoms with E-state index in [1.807, 2.05) is 0 Å². The molecule has 1 aromatic carbocycles. The summed E-state index contributed by atoms with van der Waals surface area (Å²) in [7, 11) is 0. The highest BCUT2D eigenvalue weighted by atomic mass is 16.4. The molecular formula is C21H27NO4. The second-order valence-electron chi connectivity index (χ2n) is 7.57. The van der Waals surface area contributed by atoms with Crippen molar-refractivity contribution in [1.29, 1.82) is 0 Å². The summed E-state index contributed by atoms with van der Waals surface area (Å²) in [5.74, 6) is 0.264. The second kappa shape index (κ2) is 8.49. The van der Waals surface area contributed by atoms with E-state index in [9.17, 15) is 9.59 Å². The van der Waals surface area contributed by atoms with Gasteiger partial charge in [-0.2, -0.15) is 0 Å². The number of benzene rings is 1. The minimum Gasteiger partial charge on any atom is -0.478 e. The standard InChI is InChI=1S/C17H23N.C4H4O4/c1-2-5-13(6-3-1)16-8-4-7-14-11-18(12-17(14)16)15-9-10-15;5-3(6)1-2-4(7)8/h1-3,5-6,14-17H,4,7-12H2;1-2H,(H,5,6)(H,7,8)/b;2-1+/t14-,16-,17-;/m1./s1. The summed E-state index contributed by atoms with van der Waals surface area (Å²) in [6, 6.07) is 12.3. The minimum absolute atomic E-state index is 0.558. The van der Waals surface area contributed by atoms with E-state index < -0.39 is 11.9 Å². The molecule has 0 aromatic heterocycles. The molecule has 3 fully saturated rings. The molecular weight excluding hydrogens is 330 g/mol. The van der Waals surface area contributed by atoms with Crippen molar-refractivity contribution in [3.05, 3.63) is 48.0 Å². The highest BCUT2D eigenvalue weighted by Crippen LogP contribution is 2.47. The predicted octanol–water partition coefficient (Wildman–Crippen LogP) is 3.38. The first-order valence-electron chi connectivity index (χ1n) is 9.47. The number of likely N-dealkylation sites (tertiary alicyclic amines) is 1. The SMILES string of the molecule is O=C(O)/C=C/C(=O)O.c1ccc([C@H]2CCC[C@@H]3CN(C4CC4)C[C@H]32)cc1. The van der Waals surface area contributed by atoms with Crippen LogP contribution in [0.3, 0.4) is 0 Å². The Morgan fingerprint density at radius 1 is 0.923 bits per heavy atom. The van der Waals surface area contributed by atoms with Crippen molar-refractivity contribution in [1.82, 2.24) is 4.90 Å². The van der Waals surface area contributed by atoms with Crippen molar-refractivity contribution in [3.63, 3.8) is 0 Å². The summed E-state index contributed by atoms with van der Waals surface area (Å²) in [6.45, 7) is 2.79. The van der Waals surface area contributed by atoms with Gasteiger partial charge in [0.05, 0.1) is 0 Å². The van der Waals surface area contributed by atoms with E-state index in [2.05, 4.69) is 35.2 Å². The van der Waals surface area contributed by atoms with Crippen molar-refractivity contribution in [2.24, 2.45) is 11.8 Å². The van der Waals surface area contributed by atoms with Crippen LogP contribution < -0.4 is 0 Å². The normalized spacial score (nSPS) is 28.2. The summed E-state index contributed by atoms with van der Waals surface area (Å²) >= 11 is 0. The van der Waals surface area contributed by atoms with Gasteiger partial charge in [-0.15, -0.1) is 0 Å². The molecule has 2 saturated carbocycles. The van der Waals surface area contributed by atoms with E-state index >= 15 is 0 Å². The third kappa shape index (κ3) is 4.94. The van der Waals surface area contributed by atoms with Gasteiger partial charge in [0.25, 0.3) is 0 Å². The molecule has 5 heteroatoms. The van der Waals surface area contributed by atoms with Crippen molar-refractivity contribution in [3.8, 4) is 0 Å². The summed E-state index contributed by atoms with van der Waals surface area (Å²) in [5.41, 5.74) is 1.60. The Kier molecular flexibility index (Phi) is 6.09. The van der Waals surface area contributed by atoms with E-state index in [-0.39, 0.29) is 0 Å². The number of carbonyl (C=O) groups is 2. The fourth-order valence-electron chi connectivity index (χ4n) is 4.50. The summed E-state index contributed by atoms with van der Waals surface area (Å²) < 4.78 is 0. The van der Waals surface area contributed by atoms with Crippen LogP contribution in [0.15, 0.2) is 42.5 Å². The van der Waals surface area contributed by atoms with Gasteiger partial charge in [-0.25, -0.2) is 9.59 Å². The summed E-state index contributed by atoms with van der Waals surface area (Å²) in [5, 5.41) is 15.6. The number of hydrogen-bond acceptors (Lipinski definition) is 3. The molecule has 1 aromatic rings. The zero-order valence-corrected chi connectivity index (χ0v) is 15.0. The molecule has 1 heterocycles. The highest BCUT2D eigenvalue weighted by Gasteiger charge is 2.44. The van der Waals surface area contributed by atoms with Gasteiger partial charge in [-0.3, -0.25) is 4.90 Å². The molecule has 0 radical (unpaired) electrons. The van der Waals surface area contributed by atoms with Gasteiger partial charge in [0.1, 0.15) is 0 Å². The maximum atomic E-state index is 9.55.